The molecule has 3 rings (SSSR count). The second kappa shape index (κ2) is 8.04. The maximum atomic E-state index is 13.1. The van der Waals surface area contributed by atoms with Crippen LogP contribution in [-0.4, -0.2) is 26.2 Å². The molecule has 2 aromatic carbocycles. The van der Waals surface area contributed by atoms with Gasteiger partial charge in [0.15, 0.2) is 11.5 Å². The van der Waals surface area contributed by atoms with Crippen LogP contribution in [0.25, 0.3) is 0 Å². The summed E-state index contributed by atoms with van der Waals surface area (Å²) in [7, 11) is 3.06. The van der Waals surface area contributed by atoms with Gasteiger partial charge in [0.05, 0.1) is 25.8 Å². The van der Waals surface area contributed by atoms with E-state index in [4.69, 9.17) is 9.47 Å². The summed E-state index contributed by atoms with van der Waals surface area (Å²) in [5.74, 6) is 0.671. The number of urea groups is 1. The number of rotatable bonds is 5. The Hall–Kier alpha value is -3.48. The van der Waals surface area contributed by atoms with Crippen LogP contribution < -0.4 is 25.4 Å². The first-order chi connectivity index (χ1) is 13.5. The monoisotopic (exact) mass is 381 g/mol. The van der Waals surface area contributed by atoms with Crippen LogP contribution >= 0.6 is 0 Å². The molecule has 0 unspecified atom stereocenters. The summed E-state index contributed by atoms with van der Waals surface area (Å²) >= 11 is 0. The van der Waals surface area contributed by atoms with Crippen molar-refractivity contribution in [3.05, 3.63) is 64.9 Å². The van der Waals surface area contributed by atoms with Crippen molar-refractivity contribution in [1.82, 2.24) is 10.6 Å². The zero-order valence-electron chi connectivity index (χ0n) is 16.3. The fourth-order valence-electron chi connectivity index (χ4n) is 3.27. The number of anilines is 1. The Bertz CT molecular complexity index is 952. The molecule has 0 bridgehead atoms. The molecule has 0 aromatic heterocycles. The lowest BCUT2D eigenvalue weighted by Crippen LogP contribution is -2.46. The molecule has 1 atom stereocenters. The normalized spacial score (nSPS) is 16.1. The number of hydrogen-bond donors (Lipinski definition) is 3. The molecular weight excluding hydrogens is 358 g/mol. The van der Waals surface area contributed by atoms with Gasteiger partial charge in [0, 0.05) is 16.9 Å². The zero-order chi connectivity index (χ0) is 20.3. The molecule has 28 heavy (non-hydrogen) atoms. The minimum absolute atomic E-state index is 0.311. The summed E-state index contributed by atoms with van der Waals surface area (Å²) in [5, 5.41) is 8.42. The molecule has 0 aliphatic carbocycles. The molecule has 2 aromatic rings. The predicted octanol–water partition coefficient (Wildman–Crippen LogP) is 3.28. The van der Waals surface area contributed by atoms with E-state index < -0.39 is 6.04 Å². The SMILES string of the molecule is COc1cccc([C@@H]2NC(=O)NC(C)=C2C(=O)Nc2ccccc2C)c1OC. The first-order valence-electron chi connectivity index (χ1n) is 8.82. The van der Waals surface area contributed by atoms with Gasteiger partial charge in [0.2, 0.25) is 0 Å². The van der Waals surface area contributed by atoms with Crippen molar-refractivity contribution < 1.29 is 19.1 Å². The van der Waals surface area contributed by atoms with Crippen LogP contribution in [0.5, 0.6) is 11.5 Å². The average Bonchev–Trinajstić information content (AvgIpc) is 2.68. The summed E-state index contributed by atoms with van der Waals surface area (Å²) in [5.41, 5.74) is 3.16. The van der Waals surface area contributed by atoms with Crippen molar-refractivity contribution in [2.24, 2.45) is 0 Å². The number of benzene rings is 2. The van der Waals surface area contributed by atoms with Crippen molar-refractivity contribution in [3.63, 3.8) is 0 Å². The van der Waals surface area contributed by atoms with Crippen LogP contribution in [0.2, 0.25) is 0 Å². The number of para-hydroxylation sites is 2. The highest BCUT2D eigenvalue weighted by Gasteiger charge is 2.33. The second-order valence-electron chi connectivity index (χ2n) is 6.42. The van der Waals surface area contributed by atoms with Crippen LogP contribution in [0, 0.1) is 6.92 Å². The molecule has 3 amide bonds. The summed E-state index contributed by atoms with van der Waals surface area (Å²) in [4.78, 5) is 25.3. The van der Waals surface area contributed by atoms with Gasteiger partial charge in [0.25, 0.3) is 5.91 Å². The van der Waals surface area contributed by atoms with E-state index in [1.165, 1.54) is 14.2 Å². The lowest BCUT2D eigenvalue weighted by atomic mass is 9.93. The van der Waals surface area contributed by atoms with E-state index in [1.807, 2.05) is 31.2 Å². The molecular formula is C21H23N3O4. The third-order valence-corrected chi connectivity index (χ3v) is 4.65. The van der Waals surface area contributed by atoms with E-state index in [1.54, 1.807) is 25.1 Å². The smallest absolute Gasteiger partial charge is 0.319 e. The third-order valence-electron chi connectivity index (χ3n) is 4.65. The van der Waals surface area contributed by atoms with Gasteiger partial charge in [-0.3, -0.25) is 4.79 Å². The molecule has 1 aliphatic rings. The Morgan fingerprint density at radius 3 is 2.46 bits per heavy atom. The number of carbonyl (C=O) groups excluding carboxylic acids is 2. The van der Waals surface area contributed by atoms with E-state index in [0.29, 0.717) is 34.0 Å². The van der Waals surface area contributed by atoms with Crippen LogP contribution in [0.15, 0.2) is 53.7 Å². The van der Waals surface area contributed by atoms with Gasteiger partial charge in [-0.25, -0.2) is 4.79 Å². The topological polar surface area (TPSA) is 88.7 Å². The lowest BCUT2D eigenvalue weighted by molar-refractivity contribution is -0.113. The van der Waals surface area contributed by atoms with Gasteiger partial charge in [-0.05, 0) is 31.5 Å². The number of nitrogens with one attached hydrogen (secondary N) is 3. The number of allylic oxidation sites excluding steroid dienone is 1. The minimum atomic E-state index is -0.692. The highest BCUT2D eigenvalue weighted by molar-refractivity contribution is 6.07. The number of amides is 3. The number of carbonyl (C=O) groups is 2. The van der Waals surface area contributed by atoms with Crippen LogP contribution in [-0.2, 0) is 4.79 Å². The highest BCUT2D eigenvalue weighted by atomic mass is 16.5. The highest BCUT2D eigenvalue weighted by Crippen LogP contribution is 2.39. The van der Waals surface area contributed by atoms with E-state index in [0.717, 1.165) is 5.56 Å². The van der Waals surface area contributed by atoms with E-state index in [9.17, 15) is 9.59 Å². The second-order valence-corrected chi connectivity index (χ2v) is 6.42. The number of ether oxygens (including phenoxy) is 2. The molecule has 0 radical (unpaired) electrons. The van der Waals surface area contributed by atoms with E-state index >= 15 is 0 Å². The standard InChI is InChI=1S/C21H23N3O4/c1-12-8-5-6-10-15(12)23-20(25)17-13(2)22-21(26)24-18(17)14-9-7-11-16(27-3)19(14)28-4/h5-11,18H,1-4H3,(H,23,25)(H2,22,24,26)/t18-/m0/s1. The van der Waals surface area contributed by atoms with Crippen LogP contribution in [0.1, 0.15) is 24.1 Å². The van der Waals surface area contributed by atoms with Gasteiger partial charge < -0.3 is 25.4 Å². The van der Waals surface area contributed by atoms with Crippen LogP contribution in [0.3, 0.4) is 0 Å². The van der Waals surface area contributed by atoms with Crippen molar-refractivity contribution in [2.45, 2.75) is 19.9 Å². The Morgan fingerprint density at radius 1 is 1.04 bits per heavy atom. The molecule has 1 aliphatic heterocycles. The van der Waals surface area contributed by atoms with Gasteiger partial charge >= 0.3 is 6.03 Å². The van der Waals surface area contributed by atoms with Gasteiger partial charge in [-0.1, -0.05) is 30.3 Å². The molecule has 7 nitrogen and oxygen atoms in total. The van der Waals surface area contributed by atoms with Crippen molar-refractivity contribution in [3.8, 4) is 11.5 Å². The Kier molecular flexibility index (Phi) is 5.54. The first-order valence-corrected chi connectivity index (χ1v) is 8.82. The van der Waals surface area contributed by atoms with Gasteiger partial charge in [-0.2, -0.15) is 0 Å². The largest absolute Gasteiger partial charge is 0.493 e. The molecule has 0 saturated carbocycles. The molecule has 0 spiro atoms. The van der Waals surface area contributed by atoms with Crippen LogP contribution in [0.4, 0.5) is 10.5 Å². The third kappa shape index (κ3) is 3.64. The fraction of sp³-hybridized carbons (Fsp3) is 0.238. The quantitative estimate of drug-likeness (QED) is 0.742. The zero-order valence-corrected chi connectivity index (χ0v) is 16.3. The van der Waals surface area contributed by atoms with Crippen molar-refractivity contribution in [1.29, 1.82) is 0 Å². The van der Waals surface area contributed by atoms with Crippen molar-refractivity contribution in [2.75, 3.05) is 19.5 Å². The maximum Gasteiger partial charge on any atom is 0.319 e. The maximum absolute atomic E-state index is 13.1. The van der Waals surface area contributed by atoms with E-state index in [2.05, 4.69) is 16.0 Å². The van der Waals surface area contributed by atoms with Gasteiger partial charge in [0.1, 0.15) is 0 Å². The first kappa shape index (κ1) is 19.3. The molecule has 7 heteroatoms. The van der Waals surface area contributed by atoms with E-state index in [-0.39, 0.29) is 11.9 Å². The fourth-order valence-corrected chi connectivity index (χ4v) is 3.27. The molecule has 146 valence electrons. The van der Waals surface area contributed by atoms with Crippen molar-refractivity contribution >= 4 is 17.6 Å². The number of hydrogen-bond acceptors (Lipinski definition) is 4. The average molecular weight is 381 g/mol. The Balaban J connectivity index is 2.05. The minimum Gasteiger partial charge on any atom is -0.493 e. The lowest BCUT2D eigenvalue weighted by Gasteiger charge is -2.30. The predicted molar refractivity (Wildman–Crippen MR) is 106 cm³/mol. The summed E-state index contributed by atoms with van der Waals surface area (Å²) < 4.78 is 10.9. The molecule has 0 saturated heterocycles. The summed E-state index contributed by atoms with van der Waals surface area (Å²) in [6.45, 7) is 3.62. The molecule has 1 heterocycles. The Morgan fingerprint density at radius 2 is 1.79 bits per heavy atom. The van der Waals surface area contributed by atoms with Gasteiger partial charge in [-0.15, -0.1) is 0 Å². The Labute approximate surface area is 163 Å². The summed E-state index contributed by atoms with van der Waals surface area (Å²) in [6, 6.07) is 11.8. The molecule has 0 fully saturated rings. The number of methoxy groups -OCH3 is 2. The molecule has 3 N–H and O–H groups in total. The number of aryl methyl sites for hydroxylation is 1. The summed E-state index contributed by atoms with van der Waals surface area (Å²) in [6.07, 6.45) is 0.